The van der Waals surface area contributed by atoms with E-state index in [1.165, 1.54) is 19.3 Å². The Morgan fingerprint density at radius 3 is 2.75 bits per heavy atom. The largest absolute Gasteiger partial charge is 0.374 e. The number of rotatable bonds is 7. The number of nitrogens with zero attached hydrogens (tertiary/aromatic N) is 1. The minimum Gasteiger partial charge on any atom is -0.374 e. The molecule has 3 nitrogen and oxygen atoms in total. The molecule has 0 aliphatic carbocycles. The lowest BCUT2D eigenvalue weighted by molar-refractivity contribution is 0.0557. The molecule has 0 amide bonds. The average molecular weight is 228 g/mol. The van der Waals surface area contributed by atoms with Gasteiger partial charge in [0, 0.05) is 25.7 Å². The molecule has 1 N–H and O–H groups in total. The van der Waals surface area contributed by atoms with Gasteiger partial charge < -0.3 is 15.0 Å². The molecule has 16 heavy (non-hydrogen) atoms. The van der Waals surface area contributed by atoms with Gasteiger partial charge >= 0.3 is 0 Å². The molecule has 3 atom stereocenters. The summed E-state index contributed by atoms with van der Waals surface area (Å²) in [6.07, 6.45) is 4.58. The zero-order chi connectivity index (χ0) is 12.0. The Balaban J connectivity index is 1.99. The van der Waals surface area contributed by atoms with Crippen LogP contribution in [0.1, 0.15) is 40.0 Å². The maximum absolute atomic E-state index is 5.76. The summed E-state index contributed by atoms with van der Waals surface area (Å²) in [5, 5.41) is 3.49. The van der Waals surface area contributed by atoms with E-state index in [0.29, 0.717) is 18.2 Å². The van der Waals surface area contributed by atoms with Crippen molar-refractivity contribution >= 4 is 0 Å². The lowest BCUT2D eigenvalue weighted by Crippen LogP contribution is -2.37. The molecule has 3 heteroatoms. The van der Waals surface area contributed by atoms with Crippen molar-refractivity contribution in [3.8, 4) is 0 Å². The van der Waals surface area contributed by atoms with Gasteiger partial charge in [0.25, 0.3) is 0 Å². The van der Waals surface area contributed by atoms with Crippen LogP contribution < -0.4 is 5.32 Å². The van der Waals surface area contributed by atoms with E-state index in [4.69, 9.17) is 4.74 Å². The van der Waals surface area contributed by atoms with Crippen molar-refractivity contribution in [2.75, 3.05) is 26.7 Å². The molecule has 1 aliphatic rings. The Morgan fingerprint density at radius 2 is 2.19 bits per heavy atom. The second-order valence-corrected chi connectivity index (χ2v) is 5.09. The van der Waals surface area contributed by atoms with Crippen molar-refractivity contribution in [3.05, 3.63) is 0 Å². The van der Waals surface area contributed by atoms with Gasteiger partial charge in [0.05, 0.1) is 12.2 Å². The van der Waals surface area contributed by atoms with Crippen LogP contribution in [0.25, 0.3) is 0 Å². The van der Waals surface area contributed by atoms with Gasteiger partial charge in [-0.05, 0) is 40.2 Å². The Kier molecular flexibility index (Phi) is 6.32. The molecule has 1 aliphatic heterocycles. The Morgan fingerprint density at radius 1 is 1.44 bits per heavy atom. The number of nitrogens with one attached hydrogen (secondary N) is 1. The van der Waals surface area contributed by atoms with Crippen molar-refractivity contribution in [3.63, 3.8) is 0 Å². The maximum atomic E-state index is 5.76. The van der Waals surface area contributed by atoms with Gasteiger partial charge in [-0.1, -0.05) is 6.92 Å². The third-order valence-corrected chi connectivity index (χ3v) is 3.68. The molecule has 0 saturated carbocycles. The van der Waals surface area contributed by atoms with Crippen LogP contribution in [0.5, 0.6) is 0 Å². The van der Waals surface area contributed by atoms with Crippen molar-refractivity contribution in [1.29, 1.82) is 0 Å². The molecule has 0 aromatic rings. The Hall–Kier alpha value is -0.120. The van der Waals surface area contributed by atoms with Crippen LogP contribution in [0.2, 0.25) is 0 Å². The molecule has 1 fully saturated rings. The van der Waals surface area contributed by atoms with E-state index < -0.39 is 0 Å². The smallest absolute Gasteiger partial charge is 0.0704 e. The van der Waals surface area contributed by atoms with Gasteiger partial charge in [-0.2, -0.15) is 0 Å². The molecular formula is C13H28N2O. The standard InChI is InChI=1S/C13H28N2O/c1-5-11(2)15(4)9-8-14-10-13-7-6-12(3)16-13/h11-14H,5-10H2,1-4H3. The van der Waals surface area contributed by atoms with Crippen LogP contribution in [-0.2, 0) is 4.74 Å². The van der Waals surface area contributed by atoms with E-state index in [1.807, 2.05) is 0 Å². The molecule has 1 rings (SSSR count). The van der Waals surface area contributed by atoms with Crippen LogP contribution in [0.15, 0.2) is 0 Å². The van der Waals surface area contributed by atoms with E-state index in [2.05, 4.69) is 38.0 Å². The molecule has 3 unspecified atom stereocenters. The van der Waals surface area contributed by atoms with E-state index in [-0.39, 0.29) is 0 Å². The van der Waals surface area contributed by atoms with E-state index in [1.54, 1.807) is 0 Å². The predicted molar refractivity (Wildman–Crippen MR) is 68.8 cm³/mol. The van der Waals surface area contributed by atoms with Gasteiger partial charge in [0.2, 0.25) is 0 Å². The fraction of sp³-hybridized carbons (Fsp3) is 1.00. The van der Waals surface area contributed by atoms with Crippen LogP contribution >= 0.6 is 0 Å². The van der Waals surface area contributed by atoms with Crippen LogP contribution in [-0.4, -0.2) is 49.8 Å². The summed E-state index contributed by atoms with van der Waals surface area (Å²) in [4.78, 5) is 2.41. The summed E-state index contributed by atoms with van der Waals surface area (Å²) in [6, 6.07) is 0.685. The van der Waals surface area contributed by atoms with Crippen LogP contribution in [0, 0.1) is 0 Å². The SMILES string of the molecule is CCC(C)N(C)CCNCC1CCC(C)O1. The topological polar surface area (TPSA) is 24.5 Å². The molecule has 0 aromatic heterocycles. The number of hydrogen-bond donors (Lipinski definition) is 1. The molecular weight excluding hydrogens is 200 g/mol. The van der Waals surface area contributed by atoms with Gasteiger partial charge in [0.1, 0.15) is 0 Å². The number of hydrogen-bond acceptors (Lipinski definition) is 3. The highest BCUT2D eigenvalue weighted by Crippen LogP contribution is 2.17. The van der Waals surface area contributed by atoms with Crippen molar-refractivity contribution < 1.29 is 4.74 Å². The van der Waals surface area contributed by atoms with Gasteiger partial charge in [-0.3, -0.25) is 0 Å². The molecule has 0 bridgehead atoms. The Labute approximate surface area is 101 Å². The normalized spacial score (nSPS) is 27.6. The van der Waals surface area contributed by atoms with Crippen molar-refractivity contribution in [2.45, 2.75) is 58.3 Å². The lowest BCUT2D eigenvalue weighted by atomic mass is 10.2. The van der Waals surface area contributed by atoms with Gasteiger partial charge in [-0.25, -0.2) is 0 Å². The quantitative estimate of drug-likeness (QED) is 0.673. The molecule has 96 valence electrons. The van der Waals surface area contributed by atoms with E-state index in [0.717, 1.165) is 19.6 Å². The monoisotopic (exact) mass is 228 g/mol. The summed E-state index contributed by atoms with van der Waals surface area (Å²) in [6.45, 7) is 9.88. The first-order chi connectivity index (χ1) is 7.63. The molecule has 0 radical (unpaired) electrons. The zero-order valence-corrected chi connectivity index (χ0v) is 11.3. The van der Waals surface area contributed by atoms with E-state index >= 15 is 0 Å². The fourth-order valence-electron chi connectivity index (χ4n) is 2.09. The fourth-order valence-corrected chi connectivity index (χ4v) is 2.09. The second-order valence-electron chi connectivity index (χ2n) is 5.09. The lowest BCUT2D eigenvalue weighted by Gasteiger charge is -2.23. The predicted octanol–water partition coefficient (Wildman–Crippen LogP) is 1.87. The second kappa shape index (κ2) is 7.25. The first-order valence-corrected chi connectivity index (χ1v) is 6.69. The van der Waals surface area contributed by atoms with Gasteiger partial charge in [-0.15, -0.1) is 0 Å². The third-order valence-electron chi connectivity index (χ3n) is 3.68. The highest BCUT2D eigenvalue weighted by molar-refractivity contribution is 4.73. The molecule has 1 heterocycles. The molecule has 0 aromatic carbocycles. The van der Waals surface area contributed by atoms with Crippen LogP contribution in [0.3, 0.4) is 0 Å². The number of ether oxygens (including phenoxy) is 1. The average Bonchev–Trinajstić information content (AvgIpc) is 2.69. The minimum atomic E-state index is 0.448. The number of likely N-dealkylation sites (N-methyl/N-ethyl adjacent to an activating group) is 1. The van der Waals surface area contributed by atoms with E-state index in [9.17, 15) is 0 Å². The molecule has 1 saturated heterocycles. The summed E-state index contributed by atoms with van der Waals surface area (Å²) in [7, 11) is 2.20. The van der Waals surface area contributed by atoms with Crippen molar-refractivity contribution in [1.82, 2.24) is 10.2 Å². The summed E-state index contributed by atoms with van der Waals surface area (Å²) in [5.41, 5.74) is 0. The summed E-state index contributed by atoms with van der Waals surface area (Å²) in [5.74, 6) is 0. The Bertz CT molecular complexity index is 183. The summed E-state index contributed by atoms with van der Waals surface area (Å²) < 4.78 is 5.76. The highest BCUT2D eigenvalue weighted by atomic mass is 16.5. The first-order valence-electron chi connectivity index (χ1n) is 6.69. The minimum absolute atomic E-state index is 0.448. The summed E-state index contributed by atoms with van der Waals surface area (Å²) >= 11 is 0. The first kappa shape index (κ1) is 13.9. The maximum Gasteiger partial charge on any atom is 0.0704 e. The third kappa shape index (κ3) is 4.81. The van der Waals surface area contributed by atoms with Crippen LogP contribution in [0.4, 0.5) is 0 Å². The van der Waals surface area contributed by atoms with Gasteiger partial charge in [0.15, 0.2) is 0 Å². The molecule has 0 spiro atoms. The highest BCUT2D eigenvalue weighted by Gasteiger charge is 2.20. The van der Waals surface area contributed by atoms with Crippen molar-refractivity contribution in [2.24, 2.45) is 0 Å². The zero-order valence-electron chi connectivity index (χ0n) is 11.3.